The summed E-state index contributed by atoms with van der Waals surface area (Å²) in [4.78, 5) is 0. The molecule has 124 valence electrons. The minimum absolute atomic E-state index is 0.0145. The number of benzene rings is 2. The van der Waals surface area contributed by atoms with Gasteiger partial charge in [-0.3, -0.25) is 0 Å². The van der Waals surface area contributed by atoms with E-state index in [0.717, 1.165) is 5.56 Å². The molecule has 0 heterocycles. The molecular formula is C16H16F3NO3. The molecule has 2 N–H and O–H groups in total. The second-order valence-electron chi connectivity index (χ2n) is 4.68. The highest BCUT2D eigenvalue weighted by Crippen LogP contribution is 2.36. The van der Waals surface area contributed by atoms with Crippen LogP contribution < -0.4 is 15.2 Å². The van der Waals surface area contributed by atoms with Gasteiger partial charge in [0.05, 0.1) is 6.61 Å². The summed E-state index contributed by atoms with van der Waals surface area (Å²) < 4.78 is 51.6. The fourth-order valence-electron chi connectivity index (χ4n) is 1.96. The lowest BCUT2D eigenvalue weighted by Gasteiger charge is -2.15. The van der Waals surface area contributed by atoms with Gasteiger partial charge in [-0.15, -0.1) is 13.2 Å². The van der Waals surface area contributed by atoms with E-state index >= 15 is 0 Å². The Kier molecular flexibility index (Phi) is 5.33. The molecule has 4 nitrogen and oxygen atoms in total. The average Bonchev–Trinajstić information content (AvgIpc) is 2.47. The molecule has 0 aliphatic carbocycles. The number of nitrogens with two attached hydrogens (primary N) is 1. The zero-order valence-corrected chi connectivity index (χ0v) is 12.4. The van der Waals surface area contributed by atoms with Gasteiger partial charge in [0, 0.05) is 12.8 Å². The number of hydrogen-bond acceptors (Lipinski definition) is 4. The van der Waals surface area contributed by atoms with E-state index in [0.29, 0.717) is 11.3 Å². The molecule has 0 aliphatic rings. The van der Waals surface area contributed by atoms with Crippen molar-refractivity contribution in [1.82, 2.24) is 0 Å². The van der Waals surface area contributed by atoms with E-state index in [1.807, 2.05) is 0 Å². The first-order valence-electron chi connectivity index (χ1n) is 6.76. The minimum atomic E-state index is -4.79. The molecule has 2 aromatic carbocycles. The predicted molar refractivity (Wildman–Crippen MR) is 80.3 cm³/mol. The lowest BCUT2D eigenvalue weighted by atomic mass is 10.0. The number of anilines is 1. The van der Waals surface area contributed by atoms with Gasteiger partial charge in [0.15, 0.2) is 11.5 Å². The molecule has 2 rings (SSSR count). The quantitative estimate of drug-likeness (QED) is 0.646. The number of hydrogen-bond donors (Lipinski definition) is 1. The first-order chi connectivity index (χ1) is 10.9. The van der Waals surface area contributed by atoms with Gasteiger partial charge in [0.2, 0.25) is 0 Å². The molecule has 0 fully saturated rings. The van der Waals surface area contributed by atoms with E-state index in [-0.39, 0.29) is 19.0 Å². The molecule has 0 spiro atoms. The highest BCUT2D eigenvalue weighted by atomic mass is 19.4. The number of halogens is 3. The lowest BCUT2D eigenvalue weighted by molar-refractivity contribution is -0.275. The van der Waals surface area contributed by atoms with Crippen molar-refractivity contribution in [3.63, 3.8) is 0 Å². The second kappa shape index (κ2) is 7.23. The highest BCUT2D eigenvalue weighted by molar-refractivity contribution is 5.70. The third-order valence-corrected chi connectivity index (χ3v) is 2.93. The predicted octanol–water partition coefficient (Wildman–Crippen LogP) is 3.86. The first kappa shape index (κ1) is 17.0. The Morgan fingerprint density at radius 1 is 0.957 bits per heavy atom. The maximum Gasteiger partial charge on any atom is 0.573 e. The fraction of sp³-hybridized carbons (Fsp3) is 0.250. The van der Waals surface area contributed by atoms with Crippen LogP contribution in [0.15, 0.2) is 42.5 Å². The molecule has 0 amide bonds. The number of alkyl halides is 3. The van der Waals surface area contributed by atoms with E-state index in [4.69, 9.17) is 15.2 Å². The summed E-state index contributed by atoms with van der Waals surface area (Å²) >= 11 is 0. The van der Waals surface area contributed by atoms with Crippen LogP contribution in [0.5, 0.6) is 11.5 Å². The molecule has 23 heavy (non-hydrogen) atoms. The van der Waals surface area contributed by atoms with Crippen LogP contribution in [0.25, 0.3) is 11.1 Å². The summed E-state index contributed by atoms with van der Waals surface area (Å²) in [6.45, 7) is 0.346. The molecule has 0 aliphatic heterocycles. The summed E-state index contributed by atoms with van der Waals surface area (Å²) in [6.07, 6.45) is -4.79. The van der Waals surface area contributed by atoms with Gasteiger partial charge < -0.3 is 19.9 Å². The van der Waals surface area contributed by atoms with Crippen molar-refractivity contribution in [3.8, 4) is 22.6 Å². The number of methoxy groups -OCH3 is 1. The Bertz CT molecular complexity index is 659. The van der Waals surface area contributed by atoms with Crippen LogP contribution in [0.3, 0.4) is 0 Å². The van der Waals surface area contributed by atoms with Crippen molar-refractivity contribution in [3.05, 3.63) is 42.5 Å². The largest absolute Gasteiger partial charge is 0.573 e. The fourth-order valence-corrected chi connectivity index (χ4v) is 1.96. The van der Waals surface area contributed by atoms with Crippen molar-refractivity contribution in [1.29, 1.82) is 0 Å². The zero-order valence-electron chi connectivity index (χ0n) is 12.4. The summed E-state index contributed by atoms with van der Waals surface area (Å²) in [7, 11) is 1.47. The van der Waals surface area contributed by atoms with Crippen molar-refractivity contribution >= 4 is 5.69 Å². The Morgan fingerprint density at radius 3 is 2.35 bits per heavy atom. The summed E-state index contributed by atoms with van der Waals surface area (Å²) in [5.41, 5.74) is 7.71. The molecule has 0 atom stereocenters. The van der Waals surface area contributed by atoms with Gasteiger partial charge in [-0.05, 0) is 35.4 Å². The first-order valence-corrected chi connectivity index (χ1v) is 6.76. The van der Waals surface area contributed by atoms with E-state index in [2.05, 4.69) is 4.74 Å². The normalized spacial score (nSPS) is 11.3. The molecule has 0 saturated heterocycles. The van der Waals surface area contributed by atoms with E-state index in [9.17, 15) is 13.2 Å². The third-order valence-electron chi connectivity index (χ3n) is 2.93. The zero-order chi connectivity index (χ0) is 16.9. The van der Waals surface area contributed by atoms with Gasteiger partial charge in [-0.25, -0.2) is 0 Å². The van der Waals surface area contributed by atoms with Crippen molar-refractivity contribution < 1.29 is 27.4 Å². The van der Waals surface area contributed by atoms with Crippen LogP contribution in [-0.2, 0) is 4.74 Å². The molecule has 0 saturated carbocycles. The van der Waals surface area contributed by atoms with Crippen LogP contribution in [-0.4, -0.2) is 26.7 Å². The van der Waals surface area contributed by atoms with Crippen molar-refractivity contribution in [2.45, 2.75) is 6.36 Å². The molecule has 2 aromatic rings. The SMILES string of the molecule is COCCOc1cc(-c2cccc(N)c2)ccc1OC(F)(F)F. The summed E-state index contributed by atoms with van der Waals surface area (Å²) in [5, 5.41) is 0. The topological polar surface area (TPSA) is 53.7 Å². The van der Waals surface area contributed by atoms with E-state index in [1.165, 1.54) is 25.3 Å². The van der Waals surface area contributed by atoms with Crippen molar-refractivity contribution in [2.24, 2.45) is 0 Å². The summed E-state index contributed by atoms with van der Waals surface area (Å²) in [5.74, 6) is -0.416. The molecule has 0 radical (unpaired) electrons. The van der Waals surface area contributed by atoms with Crippen LogP contribution in [0.4, 0.5) is 18.9 Å². The molecule has 0 unspecified atom stereocenters. The molecule has 0 aromatic heterocycles. The summed E-state index contributed by atoms with van der Waals surface area (Å²) in [6, 6.07) is 11.2. The monoisotopic (exact) mass is 327 g/mol. The Hall–Kier alpha value is -2.41. The number of rotatable bonds is 6. The van der Waals surface area contributed by atoms with Gasteiger partial charge >= 0.3 is 6.36 Å². The molecule has 7 heteroatoms. The Balaban J connectivity index is 2.33. The standard InChI is InChI=1S/C16H16F3NO3/c1-21-7-8-22-15-10-12(11-3-2-4-13(20)9-11)5-6-14(15)23-16(17,18)19/h2-6,9-10H,7-8,20H2,1H3. The van der Waals surface area contributed by atoms with Gasteiger partial charge in [0.1, 0.15) is 6.61 Å². The third kappa shape index (κ3) is 5.07. The Morgan fingerprint density at radius 2 is 1.70 bits per heavy atom. The van der Waals surface area contributed by atoms with Crippen LogP contribution in [0.1, 0.15) is 0 Å². The number of ether oxygens (including phenoxy) is 3. The van der Waals surface area contributed by atoms with Gasteiger partial charge in [-0.2, -0.15) is 0 Å². The van der Waals surface area contributed by atoms with E-state index < -0.39 is 12.1 Å². The minimum Gasteiger partial charge on any atom is -0.487 e. The highest BCUT2D eigenvalue weighted by Gasteiger charge is 2.32. The van der Waals surface area contributed by atoms with Gasteiger partial charge in [-0.1, -0.05) is 18.2 Å². The average molecular weight is 327 g/mol. The smallest absolute Gasteiger partial charge is 0.487 e. The van der Waals surface area contributed by atoms with Gasteiger partial charge in [0.25, 0.3) is 0 Å². The molecular weight excluding hydrogens is 311 g/mol. The molecule has 0 bridgehead atoms. The maximum atomic E-state index is 12.5. The Labute approximate surface area is 131 Å². The second-order valence-corrected chi connectivity index (χ2v) is 4.68. The van der Waals surface area contributed by atoms with Crippen molar-refractivity contribution in [2.75, 3.05) is 26.1 Å². The van der Waals surface area contributed by atoms with Crippen LogP contribution in [0, 0.1) is 0 Å². The van der Waals surface area contributed by atoms with Crippen LogP contribution in [0.2, 0.25) is 0 Å². The van der Waals surface area contributed by atoms with E-state index in [1.54, 1.807) is 24.3 Å². The van der Waals surface area contributed by atoms with Crippen LogP contribution >= 0.6 is 0 Å². The number of nitrogen functional groups attached to an aromatic ring is 1. The lowest BCUT2D eigenvalue weighted by Crippen LogP contribution is -2.18. The maximum absolute atomic E-state index is 12.5.